The molecule has 0 unspecified atom stereocenters. The van der Waals surface area contributed by atoms with Crippen LogP contribution >= 0.6 is 0 Å². The van der Waals surface area contributed by atoms with Gasteiger partial charge in [0.15, 0.2) is 0 Å². The van der Waals surface area contributed by atoms with E-state index in [4.69, 9.17) is 4.74 Å². The van der Waals surface area contributed by atoms with Crippen LogP contribution in [0.4, 0.5) is 5.69 Å². The smallest absolute Gasteiger partial charge is 0.231 e. The average Bonchev–Trinajstić information content (AvgIpc) is 2.16. The Labute approximate surface area is 90.5 Å². The van der Waals surface area contributed by atoms with Gasteiger partial charge in [0, 0.05) is 13.1 Å². The summed E-state index contributed by atoms with van der Waals surface area (Å²) in [7, 11) is -1.70. The van der Waals surface area contributed by atoms with E-state index in [1.165, 1.54) is 17.6 Å². The first-order valence-corrected chi connectivity index (χ1v) is 6.46. The van der Waals surface area contributed by atoms with Crippen LogP contribution in [0.5, 0.6) is 5.75 Å². The van der Waals surface area contributed by atoms with Crippen molar-refractivity contribution in [2.24, 2.45) is 0 Å². The molecule has 1 aromatic rings. The molecule has 0 spiro atoms. The normalized spacial score (nSPS) is 11.1. The fourth-order valence-corrected chi connectivity index (χ4v) is 1.62. The lowest BCUT2D eigenvalue weighted by atomic mass is 10.3. The Morgan fingerprint density at radius 2 is 2.07 bits per heavy atom. The maximum Gasteiger partial charge on any atom is 0.231 e. The molecule has 0 radical (unpaired) electrons. The number of rotatable bonds is 4. The lowest BCUT2D eigenvalue weighted by Crippen LogP contribution is -2.24. The first-order valence-electron chi connectivity index (χ1n) is 4.62. The van der Waals surface area contributed by atoms with Gasteiger partial charge in [0.05, 0.1) is 18.6 Å². The fraction of sp³-hybridized carbons (Fsp3) is 0.400. The lowest BCUT2D eigenvalue weighted by molar-refractivity contribution is 0.340. The molecule has 5 heteroatoms. The molecule has 15 heavy (non-hydrogen) atoms. The van der Waals surface area contributed by atoms with Gasteiger partial charge in [0.1, 0.15) is 5.75 Å². The predicted octanol–water partition coefficient (Wildman–Crippen LogP) is 1.48. The molecule has 0 aromatic heterocycles. The van der Waals surface area contributed by atoms with Gasteiger partial charge in [0.25, 0.3) is 0 Å². The summed E-state index contributed by atoms with van der Waals surface area (Å²) in [6, 6.07) is 6.99. The summed E-state index contributed by atoms with van der Waals surface area (Å²) in [6.45, 7) is 2.44. The number of ether oxygens (including phenoxy) is 1. The highest BCUT2D eigenvalue weighted by Gasteiger charge is 2.11. The molecule has 0 bridgehead atoms. The largest absolute Gasteiger partial charge is 0.494 e. The summed E-state index contributed by atoms with van der Waals surface area (Å²) < 4.78 is 29.1. The first kappa shape index (κ1) is 11.8. The van der Waals surface area contributed by atoms with Crippen LogP contribution in [0.25, 0.3) is 0 Å². The van der Waals surface area contributed by atoms with E-state index in [-0.39, 0.29) is 0 Å². The molecule has 0 aliphatic heterocycles. The van der Waals surface area contributed by atoms with Gasteiger partial charge in [-0.1, -0.05) is 6.07 Å². The minimum absolute atomic E-state index is 0.562. The Bertz CT molecular complexity index is 428. The van der Waals surface area contributed by atoms with Crippen LogP contribution in [0.3, 0.4) is 0 Å². The zero-order valence-electron chi connectivity index (χ0n) is 9.10. The van der Waals surface area contributed by atoms with Crippen LogP contribution < -0.4 is 9.04 Å². The first-order chi connectivity index (χ1) is 6.95. The summed E-state index contributed by atoms with van der Waals surface area (Å²) in [5, 5.41) is 0. The van der Waals surface area contributed by atoms with Crippen molar-refractivity contribution in [1.82, 2.24) is 0 Å². The standard InChI is InChI=1S/C10H15NO3S/c1-4-14-10-7-5-6-9(8-10)11(2)15(3,12)13/h5-8H,4H2,1-3H3. The minimum Gasteiger partial charge on any atom is -0.494 e. The molecule has 0 aliphatic carbocycles. The summed E-state index contributed by atoms with van der Waals surface area (Å²) >= 11 is 0. The third-order valence-corrected chi connectivity index (χ3v) is 3.20. The number of benzene rings is 1. The molecule has 0 heterocycles. The van der Waals surface area contributed by atoms with Crippen LogP contribution in [0, 0.1) is 0 Å². The van der Waals surface area contributed by atoms with Crippen LogP contribution in [-0.4, -0.2) is 28.3 Å². The highest BCUT2D eigenvalue weighted by Crippen LogP contribution is 2.21. The van der Waals surface area contributed by atoms with Gasteiger partial charge in [-0.05, 0) is 19.1 Å². The third kappa shape index (κ3) is 3.13. The van der Waals surface area contributed by atoms with Gasteiger partial charge in [-0.25, -0.2) is 8.42 Å². The highest BCUT2D eigenvalue weighted by atomic mass is 32.2. The number of sulfonamides is 1. The molecule has 0 aliphatic rings. The van der Waals surface area contributed by atoms with E-state index in [1.807, 2.05) is 6.92 Å². The van der Waals surface area contributed by atoms with E-state index in [2.05, 4.69) is 0 Å². The second kappa shape index (κ2) is 4.53. The summed E-state index contributed by atoms with van der Waals surface area (Å²) in [4.78, 5) is 0. The molecule has 1 rings (SSSR count). The second-order valence-electron chi connectivity index (χ2n) is 3.16. The van der Waals surface area contributed by atoms with Crippen molar-refractivity contribution < 1.29 is 13.2 Å². The van der Waals surface area contributed by atoms with Crippen LogP contribution in [-0.2, 0) is 10.0 Å². The van der Waals surface area contributed by atoms with E-state index in [0.717, 1.165) is 0 Å². The molecule has 0 fully saturated rings. The Morgan fingerprint density at radius 1 is 1.40 bits per heavy atom. The Kier molecular flexibility index (Phi) is 3.57. The quantitative estimate of drug-likeness (QED) is 0.785. The second-order valence-corrected chi connectivity index (χ2v) is 5.17. The third-order valence-electron chi connectivity index (χ3n) is 1.99. The molecular weight excluding hydrogens is 214 g/mol. The number of hydrogen-bond donors (Lipinski definition) is 0. The minimum atomic E-state index is -3.21. The molecular formula is C10H15NO3S. The monoisotopic (exact) mass is 229 g/mol. The molecule has 0 amide bonds. The Hall–Kier alpha value is -1.23. The van der Waals surface area contributed by atoms with Crippen LogP contribution in [0.15, 0.2) is 24.3 Å². The highest BCUT2D eigenvalue weighted by molar-refractivity contribution is 7.92. The predicted molar refractivity (Wildman–Crippen MR) is 60.9 cm³/mol. The summed E-state index contributed by atoms with van der Waals surface area (Å²) in [6.07, 6.45) is 1.17. The van der Waals surface area contributed by atoms with Gasteiger partial charge in [-0.2, -0.15) is 0 Å². The SMILES string of the molecule is CCOc1cccc(N(C)S(C)(=O)=O)c1. The van der Waals surface area contributed by atoms with Crippen molar-refractivity contribution in [3.05, 3.63) is 24.3 Å². The fourth-order valence-electron chi connectivity index (χ4n) is 1.13. The maximum absolute atomic E-state index is 11.3. The van der Waals surface area contributed by atoms with Crippen molar-refractivity contribution in [3.8, 4) is 5.75 Å². The number of nitrogens with zero attached hydrogens (tertiary/aromatic N) is 1. The average molecular weight is 229 g/mol. The molecule has 84 valence electrons. The summed E-state index contributed by atoms with van der Waals surface area (Å²) in [5.41, 5.74) is 0.600. The van der Waals surface area contributed by atoms with E-state index in [0.29, 0.717) is 18.0 Å². The van der Waals surface area contributed by atoms with Crippen molar-refractivity contribution in [2.45, 2.75) is 6.92 Å². The van der Waals surface area contributed by atoms with Gasteiger partial charge in [-0.3, -0.25) is 4.31 Å². The van der Waals surface area contributed by atoms with Gasteiger partial charge in [0.2, 0.25) is 10.0 Å². The molecule has 0 atom stereocenters. The zero-order chi connectivity index (χ0) is 11.5. The van der Waals surface area contributed by atoms with Crippen molar-refractivity contribution in [2.75, 3.05) is 24.2 Å². The van der Waals surface area contributed by atoms with E-state index in [1.54, 1.807) is 24.3 Å². The van der Waals surface area contributed by atoms with E-state index in [9.17, 15) is 8.42 Å². The molecule has 1 aromatic carbocycles. The van der Waals surface area contributed by atoms with Gasteiger partial charge < -0.3 is 4.74 Å². The Morgan fingerprint density at radius 3 is 2.60 bits per heavy atom. The van der Waals surface area contributed by atoms with E-state index < -0.39 is 10.0 Å². The van der Waals surface area contributed by atoms with Crippen LogP contribution in [0.1, 0.15) is 6.92 Å². The van der Waals surface area contributed by atoms with Crippen molar-refractivity contribution in [3.63, 3.8) is 0 Å². The van der Waals surface area contributed by atoms with Gasteiger partial charge >= 0.3 is 0 Å². The van der Waals surface area contributed by atoms with Crippen molar-refractivity contribution >= 4 is 15.7 Å². The maximum atomic E-state index is 11.3. The van der Waals surface area contributed by atoms with Crippen LogP contribution in [0.2, 0.25) is 0 Å². The topological polar surface area (TPSA) is 46.6 Å². The molecule has 0 saturated heterocycles. The van der Waals surface area contributed by atoms with Gasteiger partial charge in [-0.15, -0.1) is 0 Å². The van der Waals surface area contributed by atoms with Crippen molar-refractivity contribution in [1.29, 1.82) is 0 Å². The summed E-state index contributed by atoms with van der Waals surface area (Å²) in [5.74, 6) is 0.672. The number of hydrogen-bond acceptors (Lipinski definition) is 3. The number of anilines is 1. The molecule has 4 nitrogen and oxygen atoms in total. The lowest BCUT2D eigenvalue weighted by Gasteiger charge is -2.17. The Balaban J connectivity index is 3.00. The van der Waals surface area contributed by atoms with E-state index >= 15 is 0 Å². The zero-order valence-corrected chi connectivity index (χ0v) is 9.91. The molecule has 0 saturated carbocycles. The molecule has 0 N–H and O–H groups in total.